The van der Waals surface area contributed by atoms with E-state index in [-0.39, 0.29) is 29.8 Å². The second kappa shape index (κ2) is 7.29. The number of hydrogen-bond acceptors (Lipinski definition) is 3. The molecule has 3 nitrogen and oxygen atoms in total. The molecule has 0 unspecified atom stereocenters. The van der Waals surface area contributed by atoms with Gasteiger partial charge in [0, 0.05) is 18.1 Å². The molecule has 1 aromatic rings. The average Bonchev–Trinajstić information content (AvgIpc) is 2.32. The smallest absolute Gasteiger partial charge is 0.173 e. The summed E-state index contributed by atoms with van der Waals surface area (Å²) in [4.78, 5) is 0. The highest BCUT2D eigenvalue weighted by Gasteiger charge is 2.28. The number of aliphatic hydroxyl groups excluding tert-OH is 1. The average molecular weight is 312 g/mol. The highest BCUT2D eigenvalue weighted by atomic mass is 35.5. The molecular formula is C13H20Cl2FNO2. The number of nitrogens with two attached hydrogens (primary N) is 1. The van der Waals surface area contributed by atoms with E-state index < -0.39 is 17.3 Å². The quantitative estimate of drug-likeness (QED) is 0.877. The fourth-order valence-electron chi connectivity index (χ4n) is 1.59. The van der Waals surface area contributed by atoms with Crippen LogP contribution in [0, 0.1) is 11.2 Å². The summed E-state index contributed by atoms with van der Waals surface area (Å²) in [7, 11) is 0. The standard InChI is InChI=1S/C13H19ClFNO2.ClH/c1-4-18-11-9(14)5-8(6-10(11)15)12(16)13(2,3)7-17;/h5-6,12,17H,4,7,16H2,1-3H3;1H/t12-;/m1./s1. The van der Waals surface area contributed by atoms with Gasteiger partial charge in [-0.2, -0.15) is 0 Å². The summed E-state index contributed by atoms with van der Waals surface area (Å²) < 4.78 is 18.9. The molecule has 0 fully saturated rings. The highest BCUT2D eigenvalue weighted by Crippen LogP contribution is 2.36. The Morgan fingerprint density at radius 2 is 2.05 bits per heavy atom. The number of ether oxygens (including phenoxy) is 1. The zero-order chi connectivity index (χ0) is 13.9. The Kier molecular flexibility index (Phi) is 7.08. The third kappa shape index (κ3) is 4.21. The molecule has 1 aromatic carbocycles. The van der Waals surface area contributed by atoms with Gasteiger partial charge in [-0.15, -0.1) is 12.4 Å². The summed E-state index contributed by atoms with van der Waals surface area (Å²) in [6.45, 7) is 5.61. The Morgan fingerprint density at radius 3 is 2.47 bits per heavy atom. The molecule has 0 radical (unpaired) electrons. The normalized spacial score (nSPS) is 12.8. The number of aliphatic hydroxyl groups is 1. The molecule has 0 saturated carbocycles. The highest BCUT2D eigenvalue weighted by molar-refractivity contribution is 6.32. The summed E-state index contributed by atoms with van der Waals surface area (Å²) >= 11 is 5.97. The molecular weight excluding hydrogens is 292 g/mol. The van der Waals surface area contributed by atoms with Crippen LogP contribution in [-0.4, -0.2) is 18.3 Å². The molecule has 3 N–H and O–H groups in total. The number of rotatable bonds is 5. The van der Waals surface area contributed by atoms with Gasteiger partial charge in [0.1, 0.15) is 0 Å². The first-order valence-electron chi connectivity index (χ1n) is 5.81. The van der Waals surface area contributed by atoms with Crippen LogP contribution in [0.4, 0.5) is 4.39 Å². The van der Waals surface area contributed by atoms with Crippen LogP contribution in [0.25, 0.3) is 0 Å². The minimum Gasteiger partial charge on any atom is -0.489 e. The van der Waals surface area contributed by atoms with Gasteiger partial charge >= 0.3 is 0 Å². The second-order valence-electron chi connectivity index (χ2n) is 4.87. The van der Waals surface area contributed by atoms with Gasteiger partial charge in [-0.05, 0) is 24.6 Å². The van der Waals surface area contributed by atoms with Crippen LogP contribution in [-0.2, 0) is 0 Å². The van der Waals surface area contributed by atoms with E-state index in [1.807, 2.05) is 0 Å². The first-order chi connectivity index (χ1) is 8.33. The lowest BCUT2D eigenvalue weighted by molar-refractivity contribution is 0.132. The Morgan fingerprint density at radius 1 is 1.47 bits per heavy atom. The van der Waals surface area contributed by atoms with Crippen molar-refractivity contribution in [3.05, 3.63) is 28.5 Å². The second-order valence-corrected chi connectivity index (χ2v) is 5.28. The molecule has 19 heavy (non-hydrogen) atoms. The van der Waals surface area contributed by atoms with Crippen LogP contribution in [0.2, 0.25) is 5.02 Å². The summed E-state index contributed by atoms with van der Waals surface area (Å²) in [5, 5.41) is 9.46. The SMILES string of the molecule is CCOc1c(F)cc([C@@H](N)C(C)(C)CO)cc1Cl.Cl. The van der Waals surface area contributed by atoms with Crippen molar-refractivity contribution in [2.24, 2.45) is 11.1 Å². The molecule has 0 aliphatic rings. The van der Waals surface area contributed by atoms with Crippen molar-refractivity contribution in [1.29, 1.82) is 0 Å². The van der Waals surface area contributed by atoms with Crippen LogP contribution in [0.1, 0.15) is 32.4 Å². The van der Waals surface area contributed by atoms with Gasteiger partial charge in [-0.3, -0.25) is 0 Å². The Bertz CT molecular complexity index is 404. The van der Waals surface area contributed by atoms with Gasteiger partial charge in [0.25, 0.3) is 0 Å². The van der Waals surface area contributed by atoms with Gasteiger partial charge in [-0.25, -0.2) is 4.39 Å². The summed E-state index contributed by atoms with van der Waals surface area (Å²) in [6, 6.07) is 2.38. The molecule has 0 amide bonds. The fraction of sp³-hybridized carbons (Fsp3) is 0.538. The monoisotopic (exact) mass is 311 g/mol. The molecule has 0 aliphatic carbocycles. The molecule has 0 aliphatic heterocycles. The van der Waals surface area contributed by atoms with Crippen molar-refractivity contribution in [2.45, 2.75) is 26.8 Å². The van der Waals surface area contributed by atoms with Gasteiger partial charge < -0.3 is 15.6 Å². The van der Waals surface area contributed by atoms with Gasteiger partial charge in [-0.1, -0.05) is 25.4 Å². The lowest BCUT2D eigenvalue weighted by Crippen LogP contribution is -2.32. The third-order valence-electron chi connectivity index (χ3n) is 2.92. The van der Waals surface area contributed by atoms with Crippen molar-refractivity contribution < 1.29 is 14.2 Å². The van der Waals surface area contributed by atoms with E-state index in [9.17, 15) is 9.50 Å². The summed E-state index contributed by atoms with van der Waals surface area (Å²) in [5.74, 6) is -0.500. The molecule has 6 heteroatoms. The first kappa shape index (κ1) is 18.4. The van der Waals surface area contributed by atoms with E-state index in [1.54, 1.807) is 26.8 Å². The van der Waals surface area contributed by atoms with E-state index in [0.29, 0.717) is 12.2 Å². The van der Waals surface area contributed by atoms with E-state index in [0.717, 1.165) is 0 Å². The van der Waals surface area contributed by atoms with Gasteiger partial charge in [0.15, 0.2) is 11.6 Å². The van der Waals surface area contributed by atoms with Crippen molar-refractivity contribution in [1.82, 2.24) is 0 Å². The van der Waals surface area contributed by atoms with E-state index in [1.165, 1.54) is 6.07 Å². The Labute approximate surface area is 124 Å². The van der Waals surface area contributed by atoms with Gasteiger partial charge in [0.05, 0.1) is 11.6 Å². The largest absolute Gasteiger partial charge is 0.489 e. The van der Waals surface area contributed by atoms with Crippen LogP contribution >= 0.6 is 24.0 Å². The Balaban J connectivity index is 0.00000324. The lowest BCUT2D eigenvalue weighted by Gasteiger charge is -2.30. The molecule has 0 saturated heterocycles. The van der Waals surface area contributed by atoms with Crippen LogP contribution in [0.5, 0.6) is 5.75 Å². The molecule has 0 heterocycles. The maximum atomic E-state index is 13.8. The topological polar surface area (TPSA) is 55.5 Å². The number of hydrogen-bond donors (Lipinski definition) is 2. The number of benzene rings is 1. The molecule has 110 valence electrons. The predicted molar refractivity (Wildman–Crippen MR) is 77.6 cm³/mol. The summed E-state index contributed by atoms with van der Waals surface area (Å²) in [6.07, 6.45) is 0. The van der Waals surface area contributed by atoms with Crippen LogP contribution in [0.15, 0.2) is 12.1 Å². The fourth-order valence-corrected chi connectivity index (χ4v) is 1.86. The predicted octanol–water partition coefficient (Wildman–Crippen LogP) is 3.32. The molecule has 1 atom stereocenters. The minimum atomic E-state index is -0.553. The molecule has 0 spiro atoms. The van der Waals surface area contributed by atoms with Gasteiger partial charge in [0.2, 0.25) is 0 Å². The molecule has 1 rings (SSSR count). The molecule has 0 aromatic heterocycles. The minimum absolute atomic E-state index is 0. The first-order valence-corrected chi connectivity index (χ1v) is 6.19. The van der Waals surface area contributed by atoms with Crippen molar-refractivity contribution in [3.63, 3.8) is 0 Å². The van der Waals surface area contributed by atoms with Crippen molar-refractivity contribution >= 4 is 24.0 Å². The van der Waals surface area contributed by atoms with E-state index in [2.05, 4.69) is 0 Å². The van der Waals surface area contributed by atoms with Crippen molar-refractivity contribution in [2.75, 3.05) is 13.2 Å². The maximum absolute atomic E-state index is 13.8. The van der Waals surface area contributed by atoms with Crippen molar-refractivity contribution in [3.8, 4) is 5.75 Å². The summed E-state index contributed by atoms with van der Waals surface area (Å²) in [5.41, 5.74) is 6.01. The maximum Gasteiger partial charge on any atom is 0.173 e. The third-order valence-corrected chi connectivity index (χ3v) is 3.20. The lowest BCUT2D eigenvalue weighted by atomic mass is 9.82. The van der Waals surface area contributed by atoms with Crippen LogP contribution < -0.4 is 10.5 Å². The van der Waals surface area contributed by atoms with E-state index in [4.69, 9.17) is 22.1 Å². The van der Waals surface area contributed by atoms with Crippen LogP contribution in [0.3, 0.4) is 0 Å². The zero-order valence-electron chi connectivity index (χ0n) is 11.2. The molecule has 0 bridgehead atoms. The number of halogens is 3. The van der Waals surface area contributed by atoms with E-state index >= 15 is 0 Å². The zero-order valence-corrected chi connectivity index (χ0v) is 12.8. The Hall–Kier alpha value is -0.550.